The fourth-order valence-corrected chi connectivity index (χ4v) is 2.83. The molecule has 1 saturated heterocycles. The lowest BCUT2D eigenvalue weighted by Crippen LogP contribution is -2.45. The lowest BCUT2D eigenvalue weighted by molar-refractivity contribution is 0.321. The minimum atomic E-state index is 0.498. The topological polar surface area (TPSA) is 39.7 Å². The second-order valence-electron chi connectivity index (χ2n) is 6.86. The zero-order valence-corrected chi connectivity index (χ0v) is 12.4. The summed E-state index contributed by atoms with van der Waals surface area (Å²) in [5.74, 6) is 1.03. The van der Waals surface area contributed by atoms with Gasteiger partial charge in [0.05, 0.1) is 0 Å². The van der Waals surface area contributed by atoms with Crippen molar-refractivity contribution in [3.05, 3.63) is 0 Å². The van der Waals surface area contributed by atoms with Crippen molar-refractivity contribution in [2.45, 2.75) is 58.0 Å². The molecule has 4 nitrogen and oxygen atoms in total. The van der Waals surface area contributed by atoms with Gasteiger partial charge in [-0.25, -0.2) is 0 Å². The molecule has 2 aliphatic carbocycles. The van der Waals surface area contributed by atoms with Crippen LogP contribution in [0.15, 0.2) is 4.99 Å². The van der Waals surface area contributed by atoms with E-state index < -0.39 is 0 Å². The van der Waals surface area contributed by atoms with Gasteiger partial charge in [-0.15, -0.1) is 0 Å². The molecule has 3 aliphatic rings. The van der Waals surface area contributed by atoms with Crippen LogP contribution in [0, 0.1) is 5.41 Å². The summed E-state index contributed by atoms with van der Waals surface area (Å²) in [5.41, 5.74) is 0.498. The lowest BCUT2D eigenvalue weighted by atomic mass is 10.1. The molecule has 0 spiro atoms. The summed E-state index contributed by atoms with van der Waals surface area (Å²) in [6.45, 7) is 8.86. The maximum Gasteiger partial charge on any atom is 0.191 e. The van der Waals surface area contributed by atoms with Crippen LogP contribution in [0.3, 0.4) is 0 Å². The van der Waals surface area contributed by atoms with E-state index in [2.05, 4.69) is 29.4 Å². The van der Waals surface area contributed by atoms with Gasteiger partial charge in [0.25, 0.3) is 0 Å². The number of nitrogens with zero attached hydrogens (tertiary/aromatic N) is 2. The second kappa shape index (κ2) is 5.31. The van der Waals surface area contributed by atoms with Crippen molar-refractivity contribution >= 4 is 5.96 Å². The van der Waals surface area contributed by atoms with Gasteiger partial charge in [0, 0.05) is 38.3 Å². The van der Waals surface area contributed by atoms with Crippen LogP contribution in [0.2, 0.25) is 0 Å². The summed E-state index contributed by atoms with van der Waals surface area (Å²) in [7, 11) is 0. The van der Waals surface area contributed by atoms with Gasteiger partial charge in [-0.2, -0.15) is 0 Å². The predicted octanol–water partition coefficient (Wildman–Crippen LogP) is 1.58. The van der Waals surface area contributed by atoms with Crippen molar-refractivity contribution in [1.82, 2.24) is 15.5 Å². The highest BCUT2D eigenvalue weighted by Gasteiger charge is 2.37. The summed E-state index contributed by atoms with van der Waals surface area (Å²) >= 11 is 0. The quantitative estimate of drug-likeness (QED) is 0.585. The average molecular weight is 264 g/mol. The maximum absolute atomic E-state index is 4.77. The molecule has 2 N–H and O–H groups in total. The van der Waals surface area contributed by atoms with Crippen molar-refractivity contribution in [2.24, 2.45) is 10.4 Å². The molecular formula is C15H28N4. The van der Waals surface area contributed by atoms with E-state index in [0.29, 0.717) is 11.5 Å². The van der Waals surface area contributed by atoms with E-state index in [1.54, 1.807) is 0 Å². The first kappa shape index (κ1) is 13.2. The van der Waals surface area contributed by atoms with E-state index in [-0.39, 0.29) is 0 Å². The average Bonchev–Trinajstić information content (AvgIpc) is 3.31. The van der Waals surface area contributed by atoms with Gasteiger partial charge in [0.1, 0.15) is 0 Å². The van der Waals surface area contributed by atoms with Crippen LogP contribution in [0.4, 0.5) is 0 Å². The molecule has 2 saturated carbocycles. The van der Waals surface area contributed by atoms with Gasteiger partial charge < -0.3 is 10.6 Å². The highest BCUT2D eigenvalue weighted by atomic mass is 15.3. The van der Waals surface area contributed by atoms with E-state index in [4.69, 9.17) is 4.99 Å². The van der Waals surface area contributed by atoms with E-state index in [9.17, 15) is 0 Å². The second-order valence-corrected chi connectivity index (χ2v) is 6.86. The fraction of sp³-hybridized carbons (Fsp3) is 0.933. The first-order chi connectivity index (χ1) is 9.18. The highest BCUT2D eigenvalue weighted by molar-refractivity contribution is 5.80. The molecule has 1 atom stereocenters. The molecule has 0 aromatic heterocycles. The van der Waals surface area contributed by atoms with Crippen LogP contribution in [0.1, 0.15) is 46.0 Å². The Morgan fingerprint density at radius 1 is 1.32 bits per heavy atom. The van der Waals surface area contributed by atoms with Crippen LogP contribution in [0.5, 0.6) is 0 Å². The fourth-order valence-electron chi connectivity index (χ4n) is 2.83. The molecule has 0 radical (unpaired) electrons. The van der Waals surface area contributed by atoms with Crippen LogP contribution in [0.25, 0.3) is 0 Å². The molecule has 3 rings (SSSR count). The smallest absolute Gasteiger partial charge is 0.191 e. The molecule has 1 unspecified atom stereocenters. The van der Waals surface area contributed by atoms with Gasteiger partial charge >= 0.3 is 0 Å². The number of hydrogen-bond donors (Lipinski definition) is 2. The molecule has 0 aromatic rings. The van der Waals surface area contributed by atoms with Crippen molar-refractivity contribution in [3.8, 4) is 0 Å². The van der Waals surface area contributed by atoms with Gasteiger partial charge in [0.2, 0.25) is 0 Å². The number of rotatable bonds is 5. The standard InChI is InChI=1S/C15H28N4/c1-3-16-14(17-11-15(2)7-8-15)18-12-6-9-19(10-12)13-4-5-13/h12-13H,3-11H2,1-2H3,(H2,16,17,18). The van der Waals surface area contributed by atoms with Crippen molar-refractivity contribution < 1.29 is 0 Å². The van der Waals surface area contributed by atoms with E-state index in [1.807, 2.05) is 0 Å². The largest absolute Gasteiger partial charge is 0.357 e. The third-order valence-corrected chi connectivity index (χ3v) is 4.69. The Bertz CT molecular complexity index is 344. The van der Waals surface area contributed by atoms with E-state index in [0.717, 1.165) is 25.1 Å². The number of aliphatic imine (C=N–C) groups is 1. The minimum Gasteiger partial charge on any atom is -0.357 e. The van der Waals surface area contributed by atoms with Gasteiger partial charge in [-0.3, -0.25) is 9.89 Å². The third kappa shape index (κ3) is 3.62. The van der Waals surface area contributed by atoms with Crippen molar-refractivity contribution in [1.29, 1.82) is 0 Å². The number of guanidine groups is 1. The van der Waals surface area contributed by atoms with E-state index >= 15 is 0 Å². The van der Waals surface area contributed by atoms with Crippen molar-refractivity contribution in [2.75, 3.05) is 26.2 Å². The minimum absolute atomic E-state index is 0.498. The monoisotopic (exact) mass is 264 g/mol. The Morgan fingerprint density at radius 3 is 2.74 bits per heavy atom. The van der Waals surface area contributed by atoms with Crippen LogP contribution < -0.4 is 10.6 Å². The summed E-state index contributed by atoms with van der Waals surface area (Å²) in [5, 5.41) is 7.02. The zero-order chi connectivity index (χ0) is 13.3. The Kier molecular flexibility index (Phi) is 3.70. The molecule has 0 bridgehead atoms. The molecule has 19 heavy (non-hydrogen) atoms. The van der Waals surface area contributed by atoms with Gasteiger partial charge in [-0.05, 0) is 44.4 Å². The number of hydrogen-bond acceptors (Lipinski definition) is 2. The first-order valence-corrected chi connectivity index (χ1v) is 7.97. The van der Waals surface area contributed by atoms with Gasteiger partial charge in [-0.1, -0.05) is 6.92 Å². The molecule has 3 fully saturated rings. The normalized spacial score (nSPS) is 30.4. The van der Waals surface area contributed by atoms with Crippen molar-refractivity contribution in [3.63, 3.8) is 0 Å². The first-order valence-electron chi connectivity index (χ1n) is 7.97. The third-order valence-electron chi connectivity index (χ3n) is 4.69. The van der Waals surface area contributed by atoms with Crippen LogP contribution in [-0.2, 0) is 0 Å². The van der Waals surface area contributed by atoms with E-state index in [1.165, 1.54) is 45.2 Å². The van der Waals surface area contributed by atoms with Gasteiger partial charge in [0.15, 0.2) is 5.96 Å². The molecular weight excluding hydrogens is 236 g/mol. The highest BCUT2D eigenvalue weighted by Crippen LogP contribution is 2.44. The van der Waals surface area contributed by atoms with Crippen LogP contribution >= 0.6 is 0 Å². The molecule has 0 aromatic carbocycles. The summed E-state index contributed by atoms with van der Waals surface area (Å²) in [6.07, 6.45) is 6.78. The predicted molar refractivity (Wildman–Crippen MR) is 79.5 cm³/mol. The molecule has 108 valence electrons. The maximum atomic E-state index is 4.77. The Morgan fingerprint density at radius 2 is 2.11 bits per heavy atom. The Balaban J connectivity index is 1.49. The molecule has 4 heteroatoms. The Hall–Kier alpha value is -0.770. The Labute approximate surface area is 117 Å². The summed E-state index contributed by atoms with van der Waals surface area (Å²) in [4.78, 5) is 7.41. The zero-order valence-electron chi connectivity index (χ0n) is 12.4. The molecule has 1 heterocycles. The number of likely N-dealkylation sites (tertiary alicyclic amines) is 1. The number of nitrogens with one attached hydrogen (secondary N) is 2. The molecule has 1 aliphatic heterocycles. The SMILES string of the molecule is CCNC(=NCC1(C)CC1)NC1CCN(C2CC2)C1. The molecule has 0 amide bonds. The summed E-state index contributed by atoms with van der Waals surface area (Å²) < 4.78 is 0. The summed E-state index contributed by atoms with van der Waals surface area (Å²) in [6, 6.07) is 1.49. The lowest BCUT2D eigenvalue weighted by Gasteiger charge is -2.19. The van der Waals surface area contributed by atoms with Crippen LogP contribution in [-0.4, -0.2) is 49.1 Å².